The highest BCUT2D eigenvalue weighted by molar-refractivity contribution is 7.92. The van der Waals surface area contributed by atoms with Crippen molar-refractivity contribution in [3.8, 4) is 0 Å². The van der Waals surface area contributed by atoms with E-state index in [0.717, 1.165) is 31.4 Å². The first kappa shape index (κ1) is 21.6. The van der Waals surface area contributed by atoms with Gasteiger partial charge >= 0.3 is 6.03 Å². The Balaban J connectivity index is 1.07. The zero-order valence-corrected chi connectivity index (χ0v) is 19.5. The predicted molar refractivity (Wildman–Crippen MR) is 123 cm³/mol. The molecule has 0 saturated carbocycles. The van der Waals surface area contributed by atoms with Gasteiger partial charge in [0.2, 0.25) is 5.91 Å². The number of piperidine rings is 1. The molecule has 1 aromatic heterocycles. The van der Waals surface area contributed by atoms with Crippen LogP contribution in [0.1, 0.15) is 49.5 Å². The van der Waals surface area contributed by atoms with Crippen molar-refractivity contribution < 1.29 is 18.0 Å². The van der Waals surface area contributed by atoms with E-state index in [9.17, 15) is 18.0 Å². The molecule has 8 nitrogen and oxygen atoms in total. The van der Waals surface area contributed by atoms with Gasteiger partial charge in [-0.15, -0.1) is 11.3 Å². The molecular formula is C22H28N4O4S2. The van der Waals surface area contributed by atoms with Crippen LogP contribution in [0.5, 0.6) is 0 Å². The summed E-state index contributed by atoms with van der Waals surface area (Å²) in [7, 11) is -3.21. The van der Waals surface area contributed by atoms with Gasteiger partial charge < -0.3 is 15.5 Å². The van der Waals surface area contributed by atoms with Gasteiger partial charge in [0.15, 0.2) is 9.84 Å². The fourth-order valence-corrected chi connectivity index (χ4v) is 8.63. The number of hydrogen-bond donors (Lipinski definition) is 2. The average molecular weight is 477 g/mol. The van der Waals surface area contributed by atoms with Gasteiger partial charge in [-0.25, -0.2) is 18.2 Å². The lowest BCUT2D eigenvalue weighted by Crippen LogP contribution is -2.39. The largest absolute Gasteiger partial charge is 0.343 e. The Bertz CT molecular complexity index is 1090. The average Bonchev–Trinajstić information content (AvgIpc) is 3.41. The van der Waals surface area contributed by atoms with Crippen molar-refractivity contribution in [3.05, 3.63) is 29.3 Å². The standard InChI is InChI=1S/C22H28N4O4S2/c27-19(8-4-3-7-18-20-16(13-32(18,29)30)24-22(28)25-20)26-11-9-14(10-12-26)21-23-15-5-1-2-6-17(15)31-21/h1-2,5-6,14,16,18,20H,3-4,7-13H2,(H2,24,25,28)/t16-,18+,20-/m1/s1. The molecule has 2 N–H and O–H groups in total. The fraction of sp³-hybridized carbons (Fsp3) is 0.591. The molecule has 0 unspecified atom stereocenters. The Kier molecular flexibility index (Phi) is 5.83. The molecule has 1 aromatic carbocycles. The molecule has 10 heteroatoms. The van der Waals surface area contributed by atoms with Crippen molar-refractivity contribution in [1.29, 1.82) is 0 Å². The molecule has 32 heavy (non-hydrogen) atoms. The van der Waals surface area contributed by atoms with Crippen LogP contribution in [0.15, 0.2) is 24.3 Å². The summed E-state index contributed by atoms with van der Waals surface area (Å²) in [5.41, 5.74) is 1.05. The molecule has 172 valence electrons. The first-order valence-electron chi connectivity index (χ1n) is 11.3. The van der Waals surface area contributed by atoms with E-state index in [1.165, 1.54) is 9.71 Å². The maximum absolute atomic E-state index is 12.7. The van der Waals surface area contributed by atoms with E-state index < -0.39 is 15.1 Å². The monoisotopic (exact) mass is 476 g/mol. The van der Waals surface area contributed by atoms with Gasteiger partial charge in [0.1, 0.15) is 0 Å². The Hall–Kier alpha value is -2.20. The lowest BCUT2D eigenvalue weighted by Gasteiger charge is -2.31. The number of aromatic nitrogens is 1. The van der Waals surface area contributed by atoms with E-state index >= 15 is 0 Å². The number of carbonyl (C=O) groups is 2. The van der Waals surface area contributed by atoms with Crippen molar-refractivity contribution in [1.82, 2.24) is 20.5 Å². The summed E-state index contributed by atoms with van der Waals surface area (Å²) in [6, 6.07) is 7.23. The molecule has 0 aliphatic carbocycles. The highest BCUT2D eigenvalue weighted by Crippen LogP contribution is 2.34. The van der Waals surface area contributed by atoms with Gasteiger partial charge in [0.05, 0.1) is 38.3 Å². The number of sulfone groups is 1. The number of amides is 3. The van der Waals surface area contributed by atoms with Crippen molar-refractivity contribution in [2.45, 2.75) is 61.8 Å². The molecule has 3 fully saturated rings. The summed E-state index contributed by atoms with van der Waals surface area (Å²) < 4.78 is 26.0. The van der Waals surface area contributed by atoms with Gasteiger partial charge in [-0.1, -0.05) is 18.6 Å². The van der Waals surface area contributed by atoms with E-state index in [-0.39, 0.29) is 29.8 Å². The molecule has 0 radical (unpaired) electrons. The number of thiazole rings is 1. The van der Waals surface area contributed by atoms with Crippen LogP contribution >= 0.6 is 11.3 Å². The summed E-state index contributed by atoms with van der Waals surface area (Å²) >= 11 is 1.75. The van der Waals surface area contributed by atoms with Crippen LogP contribution in [-0.2, 0) is 14.6 Å². The summed E-state index contributed by atoms with van der Waals surface area (Å²) in [4.78, 5) is 30.9. The van der Waals surface area contributed by atoms with Crippen LogP contribution in [-0.4, -0.2) is 66.4 Å². The highest BCUT2D eigenvalue weighted by Gasteiger charge is 2.51. The number of hydrogen-bond acceptors (Lipinski definition) is 6. The quantitative estimate of drug-likeness (QED) is 0.492. The third-order valence-corrected chi connectivity index (χ3v) is 10.4. The molecular weight excluding hydrogens is 448 g/mol. The Morgan fingerprint density at radius 1 is 1.16 bits per heavy atom. The lowest BCUT2D eigenvalue weighted by atomic mass is 9.97. The second-order valence-electron chi connectivity index (χ2n) is 9.04. The topological polar surface area (TPSA) is 108 Å². The van der Waals surface area contributed by atoms with Gasteiger partial charge in [-0.2, -0.15) is 0 Å². The molecule has 3 aliphatic rings. The van der Waals surface area contributed by atoms with Crippen LogP contribution in [0.2, 0.25) is 0 Å². The number of carbonyl (C=O) groups excluding carboxylic acids is 2. The Morgan fingerprint density at radius 3 is 2.72 bits per heavy atom. The maximum atomic E-state index is 12.7. The number of nitrogens with one attached hydrogen (secondary N) is 2. The first-order valence-corrected chi connectivity index (χ1v) is 13.9. The van der Waals surface area contributed by atoms with Crippen LogP contribution in [0.25, 0.3) is 10.2 Å². The lowest BCUT2D eigenvalue weighted by molar-refractivity contribution is -0.132. The number of unbranched alkanes of at least 4 members (excludes halogenated alkanes) is 1. The van der Waals surface area contributed by atoms with E-state index in [2.05, 4.69) is 16.7 Å². The molecule has 3 aliphatic heterocycles. The fourth-order valence-electron chi connectivity index (χ4n) is 5.23. The third kappa shape index (κ3) is 4.22. The molecule has 3 atom stereocenters. The predicted octanol–water partition coefficient (Wildman–Crippen LogP) is 2.41. The minimum Gasteiger partial charge on any atom is -0.343 e. The number of benzene rings is 1. The molecule has 4 heterocycles. The number of urea groups is 1. The number of nitrogens with zero attached hydrogens (tertiary/aromatic N) is 2. The van der Waals surface area contributed by atoms with E-state index in [0.29, 0.717) is 31.6 Å². The second-order valence-corrected chi connectivity index (χ2v) is 12.4. The van der Waals surface area contributed by atoms with E-state index in [1.807, 2.05) is 23.1 Å². The van der Waals surface area contributed by atoms with Gasteiger partial charge in [0, 0.05) is 25.4 Å². The van der Waals surface area contributed by atoms with Crippen LogP contribution < -0.4 is 10.6 Å². The normalized spacial score (nSPS) is 27.3. The van der Waals surface area contributed by atoms with Crippen molar-refractivity contribution >= 4 is 43.3 Å². The van der Waals surface area contributed by atoms with Gasteiger partial charge in [0.25, 0.3) is 0 Å². The number of rotatable bonds is 6. The van der Waals surface area contributed by atoms with Crippen molar-refractivity contribution in [3.63, 3.8) is 0 Å². The Morgan fingerprint density at radius 2 is 1.94 bits per heavy atom. The van der Waals surface area contributed by atoms with Crippen LogP contribution in [0.4, 0.5) is 4.79 Å². The summed E-state index contributed by atoms with van der Waals surface area (Å²) in [6.45, 7) is 1.50. The zero-order valence-electron chi connectivity index (χ0n) is 17.8. The molecule has 0 spiro atoms. The van der Waals surface area contributed by atoms with Crippen LogP contribution in [0, 0.1) is 0 Å². The number of para-hydroxylation sites is 1. The zero-order chi connectivity index (χ0) is 22.3. The molecule has 0 bridgehead atoms. The molecule has 2 aromatic rings. The van der Waals surface area contributed by atoms with Crippen molar-refractivity contribution in [2.75, 3.05) is 18.8 Å². The minimum atomic E-state index is -3.21. The van der Waals surface area contributed by atoms with E-state index in [4.69, 9.17) is 4.98 Å². The van der Waals surface area contributed by atoms with Crippen molar-refractivity contribution in [2.24, 2.45) is 0 Å². The molecule has 3 amide bonds. The number of likely N-dealkylation sites (tertiary alicyclic amines) is 1. The van der Waals surface area contributed by atoms with Gasteiger partial charge in [-0.05, 0) is 37.8 Å². The minimum absolute atomic E-state index is 0.00358. The third-order valence-electron chi connectivity index (χ3n) is 6.96. The SMILES string of the molecule is O=C1N[C@@H]2[C@@H](CS(=O)(=O)[C@H]2CCCCC(=O)N2CCC(c3nc4ccccc4s3)CC2)N1. The number of fused-ring (bicyclic) bond motifs is 2. The summed E-state index contributed by atoms with van der Waals surface area (Å²) in [5.74, 6) is 0.562. The highest BCUT2D eigenvalue weighted by atomic mass is 32.2. The summed E-state index contributed by atoms with van der Waals surface area (Å²) in [6.07, 6.45) is 4.12. The molecule has 5 rings (SSSR count). The molecule has 3 saturated heterocycles. The smallest absolute Gasteiger partial charge is 0.315 e. The van der Waals surface area contributed by atoms with Gasteiger partial charge in [-0.3, -0.25) is 4.79 Å². The summed E-state index contributed by atoms with van der Waals surface area (Å²) in [5, 5.41) is 6.04. The second kappa shape index (κ2) is 8.62. The first-order chi connectivity index (χ1) is 15.4. The Labute approximate surface area is 191 Å². The van der Waals surface area contributed by atoms with E-state index in [1.54, 1.807) is 11.3 Å². The maximum Gasteiger partial charge on any atom is 0.315 e. The van der Waals surface area contributed by atoms with Crippen LogP contribution in [0.3, 0.4) is 0 Å².